The summed E-state index contributed by atoms with van der Waals surface area (Å²) in [6.07, 6.45) is 2.80. The molecule has 3 nitrogen and oxygen atoms in total. The maximum Gasteiger partial charge on any atom is 0.146 e. The lowest BCUT2D eigenvalue weighted by Gasteiger charge is -2.35. The third-order valence-electron chi connectivity index (χ3n) is 3.46. The minimum Gasteiger partial charge on any atom is -0.348 e. The summed E-state index contributed by atoms with van der Waals surface area (Å²) >= 11 is 1.82. The smallest absolute Gasteiger partial charge is 0.146 e. The Labute approximate surface area is 110 Å². The molecule has 2 aromatic rings. The molecule has 1 aliphatic rings. The number of fused-ring (bicyclic) bond motifs is 1. The molecule has 0 saturated heterocycles. The van der Waals surface area contributed by atoms with E-state index in [1.807, 2.05) is 23.5 Å². The van der Waals surface area contributed by atoms with Crippen LogP contribution in [0.5, 0.6) is 0 Å². The molecule has 90 valence electrons. The van der Waals surface area contributed by atoms with Crippen molar-refractivity contribution in [2.45, 2.75) is 19.4 Å². The van der Waals surface area contributed by atoms with Crippen LogP contribution in [0.25, 0.3) is 0 Å². The van der Waals surface area contributed by atoms with Crippen molar-refractivity contribution >= 4 is 17.2 Å². The van der Waals surface area contributed by atoms with Crippen molar-refractivity contribution < 1.29 is 0 Å². The molecule has 1 atom stereocenters. The fourth-order valence-electron chi connectivity index (χ4n) is 2.51. The average molecular weight is 255 g/mol. The molecule has 18 heavy (non-hydrogen) atoms. The number of nitriles is 1. The summed E-state index contributed by atoms with van der Waals surface area (Å²) in [5.41, 5.74) is 2.03. The number of nitrogens with zero attached hydrogens (tertiary/aromatic N) is 3. The van der Waals surface area contributed by atoms with Crippen LogP contribution < -0.4 is 4.90 Å². The van der Waals surface area contributed by atoms with Crippen LogP contribution in [0.1, 0.15) is 29.0 Å². The first-order chi connectivity index (χ1) is 8.81. The molecule has 0 fully saturated rings. The van der Waals surface area contributed by atoms with E-state index in [9.17, 15) is 5.26 Å². The quantitative estimate of drug-likeness (QED) is 0.786. The molecule has 2 aromatic heterocycles. The van der Waals surface area contributed by atoms with Gasteiger partial charge in [0.15, 0.2) is 0 Å². The molecular weight excluding hydrogens is 242 g/mol. The first-order valence-electron chi connectivity index (χ1n) is 5.99. The van der Waals surface area contributed by atoms with Gasteiger partial charge in [0.25, 0.3) is 0 Å². The Morgan fingerprint density at radius 1 is 1.50 bits per heavy atom. The van der Waals surface area contributed by atoms with Crippen LogP contribution in [0, 0.1) is 11.3 Å². The molecule has 3 rings (SSSR count). The van der Waals surface area contributed by atoms with E-state index in [0.29, 0.717) is 11.6 Å². The summed E-state index contributed by atoms with van der Waals surface area (Å²) in [7, 11) is 0. The summed E-state index contributed by atoms with van der Waals surface area (Å²) < 4.78 is 0. The van der Waals surface area contributed by atoms with Crippen molar-refractivity contribution in [3.8, 4) is 6.07 Å². The second-order valence-electron chi connectivity index (χ2n) is 4.40. The summed E-state index contributed by atoms with van der Waals surface area (Å²) in [6, 6.07) is 8.35. The highest BCUT2D eigenvalue weighted by molar-refractivity contribution is 7.10. The topological polar surface area (TPSA) is 39.9 Å². The van der Waals surface area contributed by atoms with E-state index < -0.39 is 0 Å². The van der Waals surface area contributed by atoms with E-state index in [-0.39, 0.29) is 0 Å². The summed E-state index contributed by atoms with van der Waals surface area (Å²) in [5.74, 6) is 0.810. The van der Waals surface area contributed by atoms with Crippen molar-refractivity contribution in [3.05, 3.63) is 45.8 Å². The highest BCUT2D eigenvalue weighted by Gasteiger charge is 2.26. The molecule has 3 heterocycles. The van der Waals surface area contributed by atoms with Gasteiger partial charge in [0.05, 0.1) is 11.6 Å². The number of aromatic nitrogens is 1. The van der Waals surface area contributed by atoms with Crippen LogP contribution >= 0.6 is 11.3 Å². The monoisotopic (exact) mass is 255 g/mol. The van der Waals surface area contributed by atoms with Crippen molar-refractivity contribution in [2.75, 3.05) is 11.4 Å². The van der Waals surface area contributed by atoms with Gasteiger partial charge in [-0.05, 0) is 42.5 Å². The molecule has 0 bridgehead atoms. The second-order valence-corrected chi connectivity index (χ2v) is 5.41. The third kappa shape index (κ3) is 1.68. The summed E-state index contributed by atoms with van der Waals surface area (Å²) in [6.45, 7) is 3.11. The molecule has 0 amide bonds. The number of thiophene rings is 1. The molecule has 0 N–H and O–H groups in total. The SMILES string of the molecule is C[C@@H]1c2ccsc2CCN1c1ncccc1C#N. The van der Waals surface area contributed by atoms with E-state index in [0.717, 1.165) is 18.8 Å². The predicted octanol–water partition coefficient (Wildman–Crippen LogP) is 3.14. The molecular formula is C14H13N3S. The Kier molecular flexibility index (Phi) is 2.77. The van der Waals surface area contributed by atoms with Gasteiger partial charge in [-0.1, -0.05) is 0 Å². The zero-order valence-corrected chi connectivity index (χ0v) is 10.9. The molecule has 0 spiro atoms. The van der Waals surface area contributed by atoms with Gasteiger partial charge < -0.3 is 4.90 Å². The number of hydrogen-bond acceptors (Lipinski definition) is 4. The van der Waals surface area contributed by atoms with Crippen LogP contribution in [0.3, 0.4) is 0 Å². The zero-order chi connectivity index (χ0) is 12.5. The largest absolute Gasteiger partial charge is 0.348 e. The Morgan fingerprint density at radius 3 is 3.22 bits per heavy atom. The van der Waals surface area contributed by atoms with Crippen molar-refractivity contribution in [1.82, 2.24) is 4.98 Å². The van der Waals surface area contributed by atoms with Gasteiger partial charge >= 0.3 is 0 Å². The van der Waals surface area contributed by atoms with Crippen LogP contribution in [-0.4, -0.2) is 11.5 Å². The fourth-order valence-corrected chi connectivity index (χ4v) is 3.47. The van der Waals surface area contributed by atoms with Gasteiger partial charge in [-0.3, -0.25) is 0 Å². The van der Waals surface area contributed by atoms with Crippen molar-refractivity contribution in [2.24, 2.45) is 0 Å². The van der Waals surface area contributed by atoms with E-state index in [2.05, 4.69) is 34.3 Å². The third-order valence-corrected chi connectivity index (χ3v) is 4.45. The first kappa shape index (κ1) is 11.2. The van der Waals surface area contributed by atoms with E-state index in [1.165, 1.54) is 10.4 Å². The second kappa shape index (κ2) is 4.43. The lowest BCUT2D eigenvalue weighted by molar-refractivity contribution is 0.624. The Bertz CT molecular complexity index is 611. The molecule has 4 heteroatoms. The minimum atomic E-state index is 0.294. The normalized spacial score (nSPS) is 18.2. The van der Waals surface area contributed by atoms with E-state index in [1.54, 1.807) is 6.20 Å². The molecule has 0 aromatic carbocycles. The van der Waals surface area contributed by atoms with Crippen molar-refractivity contribution in [3.63, 3.8) is 0 Å². The van der Waals surface area contributed by atoms with E-state index >= 15 is 0 Å². The highest BCUT2D eigenvalue weighted by Crippen LogP contribution is 2.36. The maximum absolute atomic E-state index is 9.18. The van der Waals surface area contributed by atoms with Gasteiger partial charge in [0.2, 0.25) is 0 Å². The summed E-state index contributed by atoms with van der Waals surface area (Å²) in [5, 5.41) is 11.3. The average Bonchev–Trinajstić information content (AvgIpc) is 2.88. The minimum absolute atomic E-state index is 0.294. The van der Waals surface area contributed by atoms with E-state index in [4.69, 9.17) is 0 Å². The standard InChI is InChI=1S/C14H13N3S/c1-10-12-5-8-18-13(12)4-7-17(10)14-11(9-15)3-2-6-16-14/h2-3,5-6,8,10H,4,7H2,1H3/t10-/m1/s1. The highest BCUT2D eigenvalue weighted by atomic mass is 32.1. The number of pyridine rings is 1. The van der Waals surface area contributed by atoms with Gasteiger partial charge in [-0.15, -0.1) is 11.3 Å². The molecule has 0 radical (unpaired) electrons. The van der Waals surface area contributed by atoms with Gasteiger partial charge in [0.1, 0.15) is 11.9 Å². The predicted molar refractivity (Wildman–Crippen MR) is 72.7 cm³/mol. The van der Waals surface area contributed by atoms with Crippen LogP contribution in [0.15, 0.2) is 29.8 Å². The zero-order valence-electron chi connectivity index (χ0n) is 10.1. The lowest BCUT2D eigenvalue weighted by atomic mass is 10.0. The van der Waals surface area contributed by atoms with Crippen LogP contribution in [0.4, 0.5) is 5.82 Å². The molecule has 0 saturated carbocycles. The Balaban J connectivity index is 2.02. The van der Waals surface area contributed by atoms with Crippen LogP contribution in [-0.2, 0) is 6.42 Å². The lowest BCUT2D eigenvalue weighted by Crippen LogP contribution is -2.34. The Morgan fingerprint density at radius 2 is 2.39 bits per heavy atom. The Hall–Kier alpha value is -1.86. The van der Waals surface area contributed by atoms with Gasteiger partial charge in [-0.25, -0.2) is 4.98 Å². The first-order valence-corrected chi connectivity index (χ1v) is 6.87. The number of hydrogen-bond donors (Lipinski definition) is 0. The van der Waals surface area contributed by atoms with Gasteiger partial charge in [-0.2, -0.15) is 5.26 Å². The molecule has 1 aliphatic heterocycles. The molecule has 0 unspecified atom stereocenters. The fraction of sp³-hybridized carbons (Fsp3) is 0.286. The summed E-state index contributed by atoms with van der Waals surface area (Å²) in [4.78, 5) is 8.08. The number of rotatable bonds is 1. The molecule has 0 aliphatic carbocycles. The number of anilines is 1. The van der Waals surface area contributed by atoms with Crippen molar-refractivity contribution in [1.29, 1.82) is 5.26 Å². The van der Waals surface area contributed by atoms with Gasteiger partial charge in [0, 0.05) is 17.6 Å². The van der Waals surface area contributed by atoms with Crippen LogP contribution in [0.2, 0.25) is 0 Å². The maximum atomic E-state index is 9.18.